The van der Waals surface area contributed by atoms with Crippen LogP contribution in [0.15, 0.2) is 30.7 Å². The topological polar surface area (TPSA) is 51.0 Å². The third-order valence-electron chi connectivity index (χ3n) is 3.04. The molecule has 118 valence electrons. The Morgan fingerprint density at radius 3 is 2.91 bits per heavy atom. The summed E-state index contributed by atoms with van der Waals surface area (Å²) in [6.45, 7) is 4.59. The van der Waals surface area contributed by atoms with Crippen LogP contribution in [0.1, 0.15) is 20.3 Å². The van der Waals surface area contributed by atoms with Crippen LogP contribution < -0.4 is 4.90 Å². The zero-order valence-corrected chi connectivity index (χ0v) is 14.3. The molecule has 0 fully saturated rings. The Morgan fingerprint density at radius 1 is 1.45 bits per heavy atom. The van der Waals surface area contributed by atoms with Gasteiger partial charge in [0.2, 0.25) is 5.91 Å². The lowest BCUT2D eigenvalue weighted by molar-refractivity contribution is -0.116. The van der Waals surface area contributed by atoms with Crippen molar-refractivity contribution in [2.24, 2.45) is 0 Å². The maximum absolute atomic E-state index is 12.3. The molecule has 0 radical (unpaired) electrons. The van der Waals surface area contributed by atoms with Crippen molar-refractivity contribution in [2.45, 2.75) is 20.3 Å². The van der Waals surface area contributed by atoms with Crippen molar-refractivity contribution in [1.29, 1.82) is 0 Å². The van der Waals surface area contributed by atoms with Crippen LogP contribution in [0.3, 0.4) is 0 Å². The molecular weight excluding hydrogens is 320 g/mol. The van der Waals surface area contributed by atoms with Gasteiger partial charge in [-0.2, -0.15) is 16.9 Å². The first kappa shape index (κ1) is 16.8. The average Bonchev–Trinajstić information content (AvgIpc) is 2.91. The lowest BCUT2D eigenvalue weighted by Crippen LogP contribution is -2.32. The zero-order chi connectivity index (χ0) is 15.9. The number of nitrogens with zero attached hydrogens (tertiary/aromatic N) is 4. The molecule has 2 rings (SSSR count). The summed E-state index contributed by atoms with van der Waals surface area (Å²) in [4.78, 5) is 18.1. The van der Waals surface area contributed by atoms with Crippen molar-refractivity contribution < 1.29 is 4.79 Å². The van der Waals surface area contributed by atoms with E-state index in [1.807, 2.05) is 19.1 Å². The number of hydrogen-bond acceptors (Lipinski definition) is 4. The van der Waals surface area contributed by atoms with Gasteiger partial charge in [-0.15, -0.1) is 0 Å². The van der Waals surface area contributed by atoms with Gasteiger partial charge in [0.1, 0.15) is 5.69 Å². The number of rotatable bonds is 7. The minimum absolute atomic E-state index is 0.0496. The summed E-state index contributed by atoms with van der Waals surface area (Å²) in [5.41, 5.74) is 1.44. The van der Waals surface area contributed by atoms with E-state index >= 15 is 0 Å². The Kier molecular flexibility index (Phi) is 6.27. The van der Waals surface area contributed by atoms with Gasteiger partial charge in [0.25, 0.3) is 0 Å². The lowest BCUT2D eigenvalue weighted by Gasteiger charge is -2.19. The molecule has 7 heteroatoms. The molecule has 0 aromatic carbocycles. The van der Waals surface area contributed by atoms with Gasteiger partial charge in [0.05, 0.1) is 23.8 Å². The average molecular weight is 339 g/mol. The van der Waals surface area contributed by atoms with Crippen molar-refractivity contribution in [2.75, 3.05) is 23.0 Å². The molecule has 5 nitrogen and oxygen atoms in total. The molecule has 0 bridgehead atoms. The van der Waals surface area contributed by atoms with Crippen molar-refractivity contribution in [3.8, 4) is 5.69 Å². The van der Waals surface area contributed by atoms with Crippen LogP contribution >= 0.6 is 23.4 Å². The van der Waals surface area contributed by atoms with E-state index in [9.17, 15) is 4.79 Å². The third kappa shape index (κ3) is 4.01. The maximum Gasteiger partial charge on any atom is 0.237 e. The fraction of sp³-hybridized carbons (Fsp3) is 0.400. The van der Waals surface area contributed by atoms with E-state index in [4.69, 9.17) is 11.6 Å². The highest BCUT2D eigenvalue weighted by atomic mass is 35.5. The Morgan fingerprint density at radius 2 is 2.27 bits per heavy atom. The fourth-order valence-electron chi connectivity index (χ4n) is 2.01. The molecule has 0 aliphatic heterocycles. The molecule has 0 aliphatic carbocycles. The Balaban J connectivity index is 2.19. The largest absolute Gasteiger partial charge is 0.308 e. The van der Waals surface area contributed by atoms with Crippen LogP contribution in [-0.2, 0) is 4.79 Å². The quantitative estimate of drug-likeness (QED) is 0.726. The first-order chi connectivity index (χ1) is 10.7. The summed E-state index contributed by atoms with van der Waals surface area (Å²) in [5.74, 6) is 1.48. The Bertz CT molecular complexity index is 617. The summed E-state index contributed by atoms with van der Waals surface area (Å²) in [7, 11) is 0. The van der Waals surface area contributed by atoms with Gasteiger partial charge in [0.15, 0.2) is 5.15 Å². The predicted molar refractivity (Wildman–Crippen MR) is 92.0 cm³/mol. The highest BCUT2D eigenvalue weighted by Crippen LogP contribution is 2.26. The molecule has 2 aromatic rings. The Labute approximate surface area is 139 Å². The highest BCUT2D eigenvalue weighted by molar-refractivity contribution is 7.99. The number of halogens is 1. The van der Waals surface area contributed by atoms with E-state index in [2.05, 4.69) is 17.0 Å². The van der Waals surface area contributed by atoms with Crippen LogP contribution in [0, 0.1) is 0 Å². The molecule has 0 saturated heterocycles. The Hall–Kier alpha value is -1.53. The van der Waals surface area contributed by atoms with Gasteiger partial charge in [-0.25, -0.2) is 4.68 Å². The first-order valence-electron chi connectivity index (χ1n) is 7.21. The minimum atomic E-state index is 0.0496. The van der Waals surface area contributed by atoms with Crippen LogP contribution in [0.5, 0.6) is 0 Å². The van der Waals surface area contributed by atoms with Crippen LogP contribution in [0.4, 0.5) is 5.69 Å². The third-order valence-corrected chi connectivity index (χ3v) is 4.46. The monoisotopic (exact) mass is 338 g/mol. The number of thioether (sulfide) groups is 1. The smallest absolute Gasteiger partial charge is 0.237 e. The summed E-state index contributed by atoms with van der Waals surface area (Å²) < 4.78 is 1.64. The number of anilines is 1. The van der Waals surface area contributed by atoms with E-state index in [1.165, 1.54) is 0 Å². The number of carbonyl (C=O) groups is 1. The van der Waals surface area contributed by atoms with Crippen molar-refractivity contribution in [3.63, 3.8) is 0 Å². The molecular formula is C15H19ClN4OS. The second-order valence-corrected chi connectivity index (χ2v) is 6.11. The molecule has 22 heavy (non-hydrogen) atoms. The second kappa shape index (κ2) is 8.19. The van der Waals surface area contributed by atoms with E-state index in [0.29, 0.717) is 23.1 Å². The number of amides is 1. The van der Waals surface area contributed by atoms with Crippen molar-refractivity contribution >= 4 is 35.0 Å². The molecule has 0 aliphatic rings. The molecule has 0 spiro atoms. The SMILES string of the molecule is CCCSCC(=O)N(CC)c1cn(-c2cccnc2)nc1Cl. The first-order valence-corrected chi connectivity index (χ1v) is 8.74. The summed E-state index contributed by atoms with van der Waals surface area (Å²) in [5, 5.41) is 4.59. The summed E-state index contributed by atoms with van der Waals surface area (Å²) in [6.07, 6.45) is 6.22. The van der Waals surface area contributed by atoms with Gasteiger partial charge in [0, 0.05) is 12.7 Å². The van der Waals surface area contributed by atoms with Gasteiger partial charge < -0.3 is 4.90 Å². The molecule has 0 N–H and O–H groups in total. The van der Waals surface area contributed by atoms with E-state index in [-0.39, 0.29) is 5.91 Å². The molecule has 2 heterocycles. The summed E-state index contributed by atoms with van der Waals surface area (Å²) >= 11 is 7.86. The van der Waals surface area contributed by atoms with E-state index in [0.717, 1.165) is 17.9 Å². The van der Waals surface area contributed by atoms with Crippen LogP contribution in [-0.4, -0.2) is 38.7 Å². The van der Waals surface area contributed by atoms with Crippen LogP contribution in [0.2, 0.25) is 5.15 Å². The van der Waals surface area contributed by atoms with E-state index in [1.54, 1.807) is 39.9 Å². The summed E-state index contributed by atoms with van der Waals surface area (Å²) in [6, 6.07) is 3.71. The standard InChI is InChI=1S/C15H19ClN4OS/c1-3-8-22-11-14(21)19(4-2)13-10-20(18-15(13)16)12-6-5-7-17-9-12/h5-7,9-10H,3-4,8,11H2,1-2H3. The molecule has 0 atom stereocenters. The van der Waals surface area contributed by atoms with Crippen molar-refractivity contribution in [1.82, 2.24) is 14.8 Å². The van der Waals surface area contributed by atoms with E-state index < -0.39 is 0 Å². The zero-order valence-electron chi connectivity index (χ0n) is 12.7. The second-order valence-electron chi connectivity index (χ2n) is 4.65. The lowest BCUT2D eigenvalue weighted by atomic mass is 10.4. The van der Waals surface area contributed by atoms with Gasteiger partial charge in [-0.05, 0) is 31.2 Å². The normalized spacial score (nSPS) is 10.7. The molecule has 2 aromatic heterocycles. The van der Waals surface area contributed by atoms with Gasteiger partial charge >= 0.3 is 0 Å². The molecule has 1 amide bonds. The maximum atomic E-state index is 12.3. The number of hydrogen-bond donors (Lipinski definition) is 0. The molecule has 0 unspecified atom stereocenters. The predicted octanol–water partition coefficient (Wildman–Crippen LogP) is 3.42. The fourth-order valence-corrected chi connectivity index (χ4v) is 3.00. The van der Waals surface area contributed by atoms with Gasteiger partial charge in [-0.3, -0.25) is 9.78 Å². The highest BCUT2D eigenvalue weighted by Gasteiger charge is 2.20. The minimum Gasteiger partial charge on any atom is -0.308 e. The number of carbonyl (C=O) groups excluding carboxylic acids is 1. The number of aromatic nitrogens is 3. The van der Waals surface area contributed by atoms with Gasteiger partial charge in [-0.1, -0.05) is 18.5 Å². The van der Waals surface area contributed by atoms with Crippen molar-refractivity contribution in [3.05, 3.63) is 35.9 Å². The van der Waals surface area contributed by atoms with Crippen LogP contribution in [0.25, 0.3) is 5.69 Å². The molecule has 0 saturated carbocycles. The number of pyridine rings is 1.